The molecule has 16 heteroatoms. The molecular weight excluding hydrogens is 542 g/mol. The van der Waals surface area contributed by atoms with Crippen LogP contribution in [0.4, 0.5) is 20.4 Å². The minimum atomic E-state index is -2.58. The lowest BCUT2D eigenvalue weighted by molar-refractivity contribution is -0.119. The number of nitrogens with zero attached hydrogens (tertiary/aromatic N) is 9. The van der Waals surface area contributed by atoms with Crippen molar-refractivity contribution in [2.75, 3.05) is 23.3 Å². The molecule has 0 aromatic carbocycles. The first-order valence-electron chi connectivity index (χ1n) is 12.7. The summed E-state index contributed by atoms with van der Waals surface area (Å²) in [6.07, 6.45) is 7.00. The van der Waals surface area contributed by atoms with E-state index in [-0.39, 0.29) is 35.9 Å². The molecule has 1 aliphatic heterocycles. The van der Waals surface area contributed by atoms with Gasteiger partial charge in [0.1, 0.15) is 29.0 Å². The van der Waals surface area contributed by atoms with Crippen molar-refractivity contribution < 1.29 is 18.4 Å². The third-order valence-corrected chi connectivity index (χ3v) is 7.55. The van der Waals surface area contributed by atoms with Gasteiger partial charge in [-0.2, -0.15) is 0 Å². The first kappa shape index (κ1) is 26.3. The van der Waals surface area contributed by atoms with Crippen LogP contribution in [-0.2, 0) is 23.2 Å². The molecule has 1 saturated heterocycles. The molecule has 14 nitrogen and oxygen atoms in total. The van der Waals surface area contributed by atoms with Crippen molar-refractivity contribution in [2.24, 2.45) is 18.9 Å². The number of anilines is 2. The van der Waals surface area contributed by atoms with Crippen LogP contribution in [0.5, 0.6) is 0 Å². The number of ketones is 1. The van der Waals surface area contributed by atoms with E-state index in [9.17, 15) is 28.0 Å². The Balaban J connectivity index is 1.20. The molecular formula is C25H24F2N10O4. The van der Waals surface area contributed by atoms with E-state index >= 15 is 0 Å². The minimum absolute atomic E-state index is 0.00905. The first-order chi connectivity index (χ1) is 19.5. The van der Waals surface area contributed by atoms with Crippen LogP contribution >= 0.6 is 0 Å². The van der Waals surface area contributed by atoms with E-state index in [1.165, 1.54) is 56.6 Å². The van der Waals surface area contributed by atoms with Gasteiger partial charge in [0.2, 0.25) is 5.91 Å². The zero-order valence-electron chi connectivity index (χ0n) is 22.2. The van der Waals surface area contributed by atoms with Gasteiger partial charge in [0, 0.05) is 20.1 Å². The molecule has 1 aliphatic carbocycles. The Morgan fingerprint density at radius 1 is 1.07 bits per heavy atom. The van der Waals surface area contributed by atoms with Gasteiger partial charge in [0.05, 0.1) is 49.5 Å². The number of carbonyl (C=O) groups excluding carboxylic acids is 2. The number of nitrogens with one attached hydrogen (secondary N) is 1. The smallest absolute Gasteiger partial charge is 0.332 e. The Morgan fingerprint density at radius 2 is 1.80 bits per heavy atom. The molecule has 4 aromatic rings. The van der Waals surface area contributed by atoms with Crippen molar-refractivity contribution >= 4 is 34.5 Å². The fourth-order valence-corrected chi connectivity index (χ4v) is 5.16. The van der Waals surface area contributed by atoms with Crippen molar-refractivity contribution in [3.8, 4) is 11.4 Å². The van der Waals surface area contributed by atoms with Crippen molar-refractivity contribution in [3.05, 3.63) is 52.0 Å². The average molecular weight is 567 g/mol. The number of amides is 1. The number of Topliss-reactive ketones (excluding diaryl/α,β-unsaturated/α-hetero) is 1. The molecule has 1 saturated carbocycles. The summed E-state index contributed by atoms with van der Waals surface area (Å²) in [7, 11) is 1.42. The first-order valence-corrected chi connectivity index (χ1v) is 12.7. The Kier molecular flexibility index (Phi) is 6.00. The van der Waals surface area contributed by atoms with Gasteiger partial charge in [0.15, 0.2) is 17.0 Å². The van der Waals surface area contributed by atoms with Gasteiger partial charge < -0.3 is 14.8 Å². The molecule has 0 spiro atoms. The van der Waals surface area contributed by atoms with E-state index in [2.05, 4.69) is 30.2 Å². The topological polar surface area (TPSA) is 163 Å². The number of hydrogen-bond donors (Lipinski definition) is 1. The largest absolute Gasteiger partial charge is 0.354 e. The SMILES string of the molecule is CC(=O)Cn1c(=O)c2c(ncn2C(C)C(=O)Nc2cncc(-c3cnc(N4CC5C(C4)C5(F)F)cn3)n2)n(C)c1=O. The Morgan fingerprint density at radius 3 is 2.46 bits per heavy atom. The van der Waals surface area contributed by atoms with Crippen LogP contribution in [-0.4, -0.2) is 69.3 Å². The second-order valence-electron chi connectivity index (χ2n) is 10.3. The average Bonchev–Trinajstić information content (AvgIpc) is 3.38. The van der Waals surface area contributed by atoms with Crippen LogP contribution in [0.3, 0.4) is 0 Å². The van der Waals surface area contributed by atoms with Crippen LogP contribution in [0.25, 0.3) is 22.6 Å². The summed E-state index contributed by atoms with van der Waals surface area (Å²) in [5.74, 6) is -4.17. The van der Waals surface area contributed by atoms with E-state index < -0.39 is 47.5 Å². The quantitative estimate of drug-likeness (QED) is 0.336. The number of hydrogen-bond acceptors (Lipinski definition) is 10. The highest BCUT2D eigenvalue weighted by molar-refractivity contribution is 5.93. The molecule has 6 rings (SSSR count). The molecule has 2 fully saturated rings. The molecule has 0 radical (unpaired) electrons. The van der Waals surface area contributed by atoms with E-state index in [0.717, 1.165) is 9.13 Å². The third-order valence-electron chi connectivity index (χ3n) is 7.55. The Bertz CT molecular complexity index is 1820. The minimum Gasteiger partial charge on any atom is -0.354 e. The van der Waals surface area contributed by atoms with E-state index in [1.807, 2.05) is 0 Å². The third kappa shape index (κ3) is 4.35. The number of carbonyl (C=O) groups is 2. The van der Waals surface area contributed by atoms with Gasteiger partial charge in [-0.05, 0) is 13.8 Å². The number of fused-ring (bicyclic) bond motifs is 2. The fraction of sp³-hybridized carbons (Fsp3) is 0.400. The van der Waals surface area contributed by atoms with Gasteiger partial charge in [-0.1, -0.05) is 0 Å². The lowest BCUT2D eigenvalue weighted by Gasteiger charge is -2.20. The van der Waals surface area contributed by atoms with Gasteiger partial charge in [-0.15, -0.1) is 0 Å². The Hall–Kier alpha value is -4.89. The number of halogens is 2. The van der Waals surface area contributed by atoms with Crippen molar-refractivity contribution in [3.63, 3.8) is 0 Å². The maximum absolute atomic E-state index is 13.5. The lowest BCUT2D eigenvalue weighted by atomic mass is 10.3. The van der Waals surface area contributed by atoms with E-state index in [0.29, 0.717) is 17.2 Å². The molecule has 0 bridgehead atoms. The highest BCUT2D eigenvalue weighted by Gasteiger charge is 2.71. The number of aryl methyl sites for hydroxylation is 1. The second-order valence-corrected chi connectivity index (χ2v) is 10.3. The number of piperidine rings is 1. The molecule has 41 heavy (non-hydrogen) atoms. The molecule has 1 amide bonds. The van der Waals surface area contributed by atoms with Crippen molar-refractivity contribution in [2.45, 2.75) is 32.4 Å². The monoisotopic (exact) mass is 566 g/mol. The number of imidazole rings is 1. The fourth-order valence-electron chi connectivity index (χ4n) is 5.16. The molecule has 1 N–H and O–H groups in total. The Labute approximate surface area is 229 Å². The van der Waals surface area contributed by atoms with E-state index in [4.69, 9.17) is 0 Å². The summed E-state index contributed by atoms with van der Waals surface area (Å²) in [5, 5.41) is 2.65. The van der Waals surface area contributed by atoms with E-state index in [1.54, 1.807) is 4.90 Å². The van der Waals surface area contributed by atoms with Crippen LogP contribution in [0.15, 0.2) is 40.7 Å². The second kappa shape index (κ2) is 9.35. The summed E-state index contributed by atoms with van der Waals surface area (Å²) in [4.78, 5) is 73.5. The summed E-state index contributed by atoms with van der Waals surface area (Å²) >= 11 is 0. The van der Waals surface area contributed by atoms with Gasteiger partial charge in [-0.3, -0.25) is 28.5 Å². The van der Waals surface area contributed by atoms with Crippen LogP contribution < -0.4 is 21.5 Å². The summed E-state index contributed by atoms with van der Waals surface area (Å²) < 4.78 is 30.3. The molecule has 3 unspecified atom stereocenters. The maximum atomic E-state index is 13.5. The number of alkyl halides is 2. The molecule has 4 aromatic heterocycles. The summed E-state index contributed by atoms with van der Waals surface area (Å²) in [6, 6.07) is -0.959. The lowest BCUT2D eigenvalue weighted by Crippen LogP contribution is -2.41. The van der Waals surface area contributed by atoms with Crippen molar-refractivity contribution in [1.29, 1.82) is 0 Å². The van der Waals surface area contributed by atoms with Crippen LogP contribution in [0, 0.1) is 11.8 Å². The van der Waals surface area contributed by atoms with Crippen LogP contribution in [0.2, 0.25) is 0 Å². The molecule has 212 valence electrons. The van der Waals surface area contributed by atoms with Gasteiger partial charge in [0.25, 0.3) is 11.5 Å². The van der Waals surface area contributed by atoms with Crippen LogP contribution in [0.1, 0.15) is 19.9 Å². The van der Waals surface area contributed by atoms with Gasteiger partial charge in [-0.25, -0.2) is 33.5 Å². The zero-order valence-corrected chi connectivity index (χ0v) is 22.2. The highest BCUT2D eigenvalue weighted by Crippen LogP contribution is 2.59. The number of aromatic nitrogens is 8. The molecule has 5 heterocycles. The molecule has 3 atom stereocenters. The highest BCUT2D eigenvalue weighted by atomic mass is 19.3. The predicted octanol–water partition coefficient (Wildman–Crippen LogP) is 0.634. The summed E-state index contributed by atoms with van der Waals surface area (Å²) in [6.45, 7) is 2.86. The van der Waals surface area contributed by atoms with Gasteiger partial charge >= 0.3 is 5.69 Å². The molecule has 2 aliphatic rings. The zero-order chi connectivity index (χ0) is 29.2. The maximum Gasteiger partial charge on any atom is 0.332 e. The normalized spacial score (nSPS) is 19.7. The predicted molar refractivity (Wildman–Crippen MR) is 140 cm³/mol. The van der Waals surface area contributed by atoms with Crippen molar-refractivity contribution in [1.82, 2.24) is 38.6 Å². The number of rotatable bonds is 7. The standard InChI is InChI=1S/C25H24F2N10O4/c1-12(38)8-36-23(40)20-21(34(3)24(36)41)31-11-37(20)13(2)22(39)33-18-6-28-4-17(32-18)16-5-30-19(7-29-16)35-9-14-15(10-35)25(14,26)27/h4-7,11,13-15H,8-10H2,1-3H3,(H,32,33,39). The summed E-state index contributed by atoms with van der Waals surface area (Å²) in [5.41, 5.74) is -0.679.